The van der Waals surface area contributed by atoms with Gasteiger partial charge in [0.05, 0.1) is 6.10 Å². The zero-order chi connectivity index (χ0) is 41.5. The van der Waals surface area contributed by atoms with E-state index in [1.165, 1.54) is 44.0 Å². The Morgan fingerprint density at radius 2 is 0.902 bits per heavy atom. The molecule has 5 heteroatoms. The second-order valence-electron chi connectivity index (χ2n) is 19.1. The van der Waals surface area contributed by atoms with Crippen LogP contribution in [0.4, 0.5) is 0 Å². The summed E-state index contributed by atoms with van der Waals surface area (Å²) < 4.78 is 16.1. The summed E-state index contributed by atoms with van der Waals surface area (Å²) in [5.41, 5.74) is -0.0108. The Morgan fingerprint density at radius 1 is 0.492 bits per heavy atom. The third-order valence-corrected chi connectivity index (χ3v) is 24.6. The van der Waals surface area contributed by atoms with E-state index in [0.29, 0.717) is 42.5 Å². The van der Waals surface area contributed by atoms with Crippen LogP contribution in [0.3, 0.4) is 0 Å². The van der Waals surface area contributed by atoms with Crippen molar-refractivity contribution in [3.05, 3.63) is 182 Å². The molecule has 61 heavy (non-hydrogen) atoms. The lowest BCUT2D eigenvalue weighted by molar-refractivity contribution is -0.164. The molecule has 0 N–H and O–H groups in total. The van der Waals surface area contributed by atoms with Crippen LogP contribution in [0.1, 0.15) is 65.2 Å². The maximum absolute atomic E-state index is 13.7. The second-order valence-corrected chi connectivity index (χ2v) is 25.8. The summed E-state index contributed by atoms with van der Waals surface area (Å²) in [4.78, 5) is 13.7. The van der Waals surface area contributed by atoms with E-state index in [9.17, 15) is 4.79 Å². The lowest BCUT2D eigenvalue weighted by Crippen LogP contribution is -2.71. The molecule has 0 radical (unpaired) electrons. The number of rotatable bonds is 11. The summed E-state index contributed by atoms with van der Waals surface area (Å²) in [6.07, 6.45) is 8.61. The average Bonchev–Trinajstić information content (AvgIpc) is 3.67. The third-order valence-electron chi connectivity index (χ3n) is 16.5. The highest BCUT2D eigenvalue weighted by Crippen LogP contribution is 2.67. The molecule has 0 spiro atoms. The summed E-state index contributed by atoms with van der Waals surface area (Å²) in [5.74, 6) is 2.49. The van der Waals surface area contributed by atoms with Gasteiger partial charge in [-0.05, 0) is 111 Å². The molecule has 4 fully saturated rings. The van der Waals surface area contributed by atoms with Crippen molar-refractivity contribution in [2.45, 2.75) is 71.3 Å². The zero-order valence-corrected chi connectivity index (χ0v) is 37.9. The Kier molecular flexibility index (Phi) is 11.0. The van der Waals surface area contributed by atoms with Crippen molar-refractivity contribution in [2.24, 2.45) is 40.4 Å². The molecular formula is C56H60O3Si2. The molecule has 10 rings (SSSR count). The van der Waals surface area contributed by atoms with Crippen molar-refractivity contribution in [3.8, 4) is 0 Å². The van der Waals surface area contributed by atoms with Crippen LogP contribution in [-0.4, -0.2) is 35.1 Å². The van der Waals surface area contributed by atoms with Gasteiger partial charge in [0.1, 0.15) is 5.78 Å². The minimum atomic E-state index is -2.96. The van der Waals surface area contributed by atoms with Gasteiger partial charge < -0.3 is 8.85 Å². The smallest absolute Gasteiger partial charge is 0.288 e. The minimum Gasteiger partial charge on any atom is -0.404 e. The molecule has 0 bridgehead atoms. The molecule has 310 valence electrons. The van der Waals surface area contributed by atoms with Crippen LogP contribution in [-0.2, 0) is 13.6 Å². The Bertz CT molecular complexity index is 2200. The highest BCUT2D eigenvalue weighted by Gasteiger charge is 2.64. The summed E-state index contributed by atoms with van der Waals surface area (Å²) in [6, 6.07) is 66.7. The van der Waals surface area contributed by atoms with Gasteiger partial charge in [-0.1, -0.05) is 196 Å². The van der Waals surface area contributed by atoms with Crippen molar-refractivity contribution in [1.29, 1.82) is 0 Å². The van der Waals surface area contributed by atoms with E-state index >= 15 is 0 Å². The van der Waals surface area contributed by atoms with Gasteiger partial charge in [-0.2, -0.15) is 0 Å². The third kappa shape index (κ3) is 6.70. The molecule has 6 aromatic carbocycles. The van der Waals surface area contributed by atoms with Gasteiger partial charge in [-0.15, -0.1) is 0 Å². The highest BCUT2D eigenvalue weighted by atomic mass is 28.4. The van der Waals surface area contributed by atoms with Gasteiger partial charge in [0, 0.05) is 18.9 Å². The summed E-state index contributed by atoms with van der Waals surface area (Å²) in [7, 11) is -5.86. The fourth-order valence-electron chi connectivity index (χ4n) is 13.6. The second kappa shape index (κ2) is 16.6. The zero-order valence-electron chi connectivity index (χ0n) is 35.9. The van der Waals surface area contributed by atoms with E-state index in [2.05, 4.69) is 196 Å². The van der Waals surface area contributed by atoms with Crippen LogP contribution in [0.2, 0.25) is 0 Å². The number of carbonyl (C=O) groups is 1. The summed E-state index contributed by atoms with van der Waals surface area (Å²) >= 11 is 0. The van der Waals surface area contributed by atoms with E-state index in [-0.39, 0.29) is 22.9 Å². The number of fused-ring (bicyclic) bond motifs is 5. The van der Waals surface area contributed by atoms with Crippen LogP contribution < -0.4 is 31.1 Å². The molecule has 0 aliphatic heterocycles. The van der Waals surface area contributed by atoms with Crippen molar-refractivity contribution in [2.75, 3.05) is 6.61 Å². The SMILES string of the molecule is CC1C(=O)CC[C@@]2(CO[Si](c3ccccc3)(c3ccccc3)c3ccccc3)C1CC[C@@H]1[C@H]2CC[C@]2(C)C(O[Si](c3ccccc3)(c3ccccc3)c3ccccc3)CC[C@@H]12. The molecule has 6 aromatic rings. The van der Waals surface area contributed by atoms with Crippen LogP contribution >= 0.6 is 0 Å². The van der Waals surface area contributed by atoms with Crippen molar-refractivity contribution in [3.63, 3.8) is 0 Å². The van der Waals surface area contributed by atoms with E-state index in [0.717, 1.165) is 32.1 Å². The molecule has 4 aliphatic carbocycles. The molecule has 8 atom stereocenters. The molecule has 3 nitrogen and oxygen atoms in total. The minimum absolute atomic E-state index is 0.0549. The van der Waals surface area contributed by atoms with E-state index in [4.69, 9.17) is 8.85 Å². The van der Waals surface area contributed by atoms with E-state index in [1.807, 2.05) is 0 Å². The van der Waals surface area contributed by atoms with Gasteiger partial charge in [0.25, 0.3) is 16.6 Å². The van der Waals surface area contributed by atoms with Crippen LogP contribution in [0.15, 0.2) is 182 Å². The first-order valence-electron chi connectivity index (χ1n) is 23.1. The van der Waals surface area contributed by atoms with Crippen molar-refractivity contribution in [1.82, 2.24) is 0 Å². The number of hydrogen-bond acceptors (Lipinski definition) is 3. The lowest BCUT2D eigenvalue weighted by Gasteiger charge is -2.62. The molecule has 0 aromatic heterocycles. The van der Waals surface area contributed by atoms with Crippen molar-refractivity contribution < 1.29 is 13.6 Å². The van der Waals surface area contributed by atoms with Gasteiger partial charge in [0.2, 0.25) is 0 Å². The number of carbonyl (C=O) groups excluding carboxylic acids is 1. The Labute approximate surface area is 365 Å². The maximum atomic E-state index is 13.7. The van der Waals surface area contributed by atoms with Gasteiger partial charge in [-0.3, -0.25) is 4.79 Å². The first-order chi connectivity index (χ1) is 29.9. The topological polar surface area (TPSA) is 35.5 Å². The maximum Gasteiger partial charge on any atom is 0.288 e. The molecule has 0 heterocycles. The van der Waals surface area contributed by atoms with Gasteiger partial charge >= 0.3 is 0 Å². The fourth-order valence-corrected chi connectivity index (χ4v) is 21.8. The van der Waals surface area contributed by atoms with E-state index < -0.39 is 16.6 Å². The van der Waals surface area contributed by atoms with Gasteiger partial charge in [0.15, 0.2) is 0 Å². The van der Waals surface area contributed by atoms with Crippen LogP contribution in [0, 0.1) is 40.4 Å². The quantitative estimate of drug-likeness (QED) is 0.0971. The normalized spacial score (nSPS) is 28.7. The first kappa shape index (κ1) is 40.4. The predicted octanol–water partition coefficient (Wildman–Crippen LogP) is 8.56. The first-order valence-corrected chi connectivity index (χ1v) is 26.9. The predicted molar refractivity (Wildman–Crippen MR) is 254 cm³/mol. The van der Waals surface area contributed by atoms with Crippen molar-refractivity contribution >= 4 is 53.5 Å². The number of Topliss-reactive ketones (excluding diaryl/α,β-unsaturated/α-hetero) is 1. The Hall–Kier alpha value is -4.66. The Morgan fingerprint density at radius 3 is 1.34 bits per heavy atom. The molecule has 0 saturated heterocycles. The summed E-state index contributed by atoms with van der Waals surface area (Å²) in [6.45, 7) is 5.55. The molecule has 4 aliphatic rings. The molecular weight excluding hydrogens is 777 g/mol. The number of benzene rings is 6. The number of ketones is 1. The summed E-state index contributed by atoms with van der Waals surface area (Å²) in [5, 5.41) is 7.78. The van der Waals surface area contributed by atoms with Crippen LogP contribution in [0.5, 0.6) is 0 Å². The molecule has 0 amide bonds. The lowest BCUT2D eigenvalue weighted by atomic mass is 9.43. The van der Waals surface area contributed by atoms with E-state index in [1.54, 1.807) is 0 Å². The standard InChI is InChI=1S/C56H60O3Si2/c1-42-50-34-33-49-51-35-36-54(59-61(46-27-15-6-16-28-46,47-29-17-7-18-30-47)48-31-19-8-20-32-48)55(51,2)39-37-52(49)56(50,40-38-53(42)57)41-58-60(43-21-9-3-10-22-43,44-23-11-4-12-24-44)45-25-13-5-14-26-45/h3-32,42,49-52,54H,33-41H2,1-2H3/t42?,49-,50?,51-,52+,54?,55-,56+/m0/s1. The average molecular weight is 837 g/mol. The largest absolute Gasteiger partial charge is 0.404 e. The Balaban J connectivity index is 1.03. The van der Waals surface area contributed by atoms with Crippen LogP contribution in [0.25, 0.3) is 0 Å². The van der Waals surface area contributed by atoms with Gasteiger partial charge in [-0.25, -0.2) is 0 Å². The monoisotopic (exact) mass is 836 g/mol. The molecule has 4 saturated carbocycles. The molecule has 3 unspecified atom stereocenters. The highest BCUT2D eigenvalue weighted by molar-refractivity contribution is 7.07. The fraction of sp³-hybridized carbons (Fsp3) is 0.339. The number of hydrogen-bond donors (Lipinski definition) is 0.